The maximum atomic E-state index is 11.9. The van der Waals surface area contributed by atoms with Gasteiger partial charge in [-0.15, -0.1) is 6.58 Å². The minimum atomic E-state index is -1.10. The number of carbonyl (C=O) groups is 2. The second-order valence-corrected chi connectivity index (χ2v) is 3.42. The zero-order valence-electron chi connectivity index (χ0n) is 9.17. The first-order valence-corrected chi connectivity index (χ1v) is 4.95. The van der Waals surface area contributed by atoms with Crippen molar-refractivity contribution in [3.63, 3.8) is 0 Å². The van der Waals surface area contributed by atoms with Gasteiger partial charge in [-0.05, 0) is 18.2 Å². The average Bonchev–Trinajstić information content (AvgIpc) is 2.27. The highest BCUT2D eigenvalue weighted by atomic mass is 16.4. The van der Waals surface area contributed by atoms with Gasteiger partial charge in [0, 0.05) is 12.1 Å². The minimum absolute atomic E-state index is 0.0373. The molecule has 0 aliphatic carbocycles. The molecule has 0 saturated carbocycles. The van der Waals surface area contributed by atoms with E-state index in [0.29, 0.717) is 0 Å². The molecule has 2 N–H and O–H groups in total. The summed E-state index contributed by atoms with van der Waals surface area (Å²) in [5.74, 6) is -1.59. The lowest BCUT2D eigenvalue weighted by molar-refractivity contribution is -0.137. The summed E-state index contributed by atoms with van der Waals surface area (Å²) >= 11 is 0. The Morgan fingerprint density at radius 1 is 1.41 bits per heavy atom. The summed E-state index contributed by atoms with van der Waals surface area (Å²) in [4.78, 5) is 23.7. The molecular formula is C12H13NO4. The molecule has 0 unspecified atom stereocenters. The number of hydrogen-bond donors (Lipinski definition) is 2. The van der Waals surface area contributed by atoms with Crippen molar-refractivity contribution in [3.05, 3.63) is 42.5 Å². The molecule has 0 fully saturated rings. The quantitative estimate of drug-likeness (QED) is 0.749. The van der Waals surface area contributed by atoms with Crippen LogP contribution < -0.4 is 0 Å². The van der Waals surface area contributed by atoms with Crippen molar-refractivity contribution >= 4 is 11.9 Å². The predicted molar refractivity (Wildman–Crippen MR) is 61.8 cm³/mol. The normalized spacial score (nSPS) is 9.65. The van der Waals surface area contributed by atoms with Gasteiger partial charge in [-0.3, -0.25) is 9.59 Å². The summed E-state index contributed by atoms with van der Waals surface area (Å²) in [5.41, 5.74) is 0.244. The fourth-order valence-corrected chi connectivity index (χ4v) is 1.36. The zero-order chi connectivity index (χ0) is 12.8. The molecule has 0 aliphatic rings. The topological polar surface area (TPSA) is 77.8 Å². The molecule has 1 amide bonds. The number of benzene rings is 1. The van der Waals surface area contributed by atoms with Crippen LogP contribution in [0, 0.1) is 0 Å². The molecule has 0 atom stereocenters. The monoisotopic (exact) mass is 235 g/mol. The molecule has 5 heteroatoms. The van der Waals surface area contributed by atoms with E-state index in [1.54, 1.807) is 0 Å². The van der Waals surface area contributed by atoms with E-state index in [2.05, 4.69) is 6.58 Å². The van der Waals surface area contributed by atoms with Crippen LogP contribution in [-0.4, -0.2) is 40.1 Å². The van der Waals surface area contributed by atoms with Gasteiger partial charge in [-0.1, -0.05) is 12.1 Å². The first-order chi connectivity index (χ1) is 8.04. The lowest BCUT2D eigenvalue weighted by Crippen LogP contribution is -2.35. The molecule has 0 radical (unpaired) electrons. The third-order valence-electron chi connectivity index (χ3n) is 2.06. The molecule has 0 aliphatic heterocycles. The summed E-state index contributed by atoms with van der Waals surface area (Å²) < 4.78 is 0. The van der Waals surface area contributed by atoms with Crippen LogP contribution in [0.25, 0.3) is 0 Å². The van der Waals surface area contributed by atoms with Crippen LogP contribution in [0.5, 0.6) is 5.75 Å². The SMILES string of the molecule is C=CCN(CC(=O)O)C(=O)c1cccc(O)c1. The van der Waals surface area contributed by atoms with Crippen LogP contribution in [0.3, 0.4) is 0 Å². The molecule has 0 spiro atoms. The number of phenolic OH excluding ortho intramolecular Hbond substituents is 1. The molecule has 0 saturated heterocycles. The molecular weight excluding hydrogens is 222 g/mol. The van der Waals surface area contributed by atoms with E-state index in [1.165, 1.54) is 30.3 Å². The van der Waals surface area contributed by atoms with Crippen molar-refractivity contribution in [3.8, 4) is 5.75 Å². The van der Waals surface area contributed by atoms with Crippen molar-refractivity contribution < 1.29 is 19.8 Å². The van der Waals surface area contributed by atoms with E-state index in [4.69, 9.17) is 5.11 Å². The van der Waals surface area contributed by atoms with Gasteiger partial charge in [0.15, 0.2) is 0 Å². The smallest absolute Gasteiger partial charge is 0.323 e. The second kappa shape index (κ2) is 5.69. The highest BCUT2D eigenvalue weighted by Gasteiger charge is 2.17. The molecule has 0 bridgehead atoms. The summed E-state index contributed by atoms with van der Waals surface area (Å²) in [6.07, 6.45) is 1.45. The summed E-state index contributed by atoms with van der Waals surface area (Å²) in [5, 5.41) is 17.9. The summed E-state index contributed by atoms with van der Waals surface area (Å²) in [6, 6.07) is 5.77. The number of carboxylic acids is 1. The highest BCUT2D eigenvalue weighted by molar-refractivity contribution is 5.96. The van der Waals surface area contributed by atoms with Crippen LogP contribution in [0.1, 0.15) is 10.4 Å². The van der Waals surface area contributed by atoms with Crippen molar-refractivity contribution in [2.75, 3.05) is 13.1 Å². The molecule has 0 aromatic heterocycles. The van der Waals surface area contributed by atoms with Gasteiger partial charge < -0.3 is 15.1 Å². The number of aliphatic carboxylic acids is 1. The van der Waals surface area contributed by atoms with Crippen LogP contribution in [0.4, 0.5) is 0 Å². The van der Waals surface area contributed by atoms with E-state index in [1.807, 2.05) is 0 Å². The Balaban J connectivity index is 2.90. The number of hydrogen-bond acceptors (Lipinski definition) is 3. The molecule has 1 aromatic carbocycles. The van der Waals surface area contributed by atoms with Gasteiger partial charge in [0.1, 0.15) is 12.3 Å². The standard InChI is InChI=1S/C12H13NO4/c1-2-6-13(8-11(15)16)12(17)9-4-3-5-10(14)7-9/h2-5,7,14H,1,6,8H2,(H,15,16). The van der Waals surface area contributed by atoms with Gasteiger partial charge in [-0.2, -0.15) is 0 Å². The van der Waals surface area contributed by atoms with E-state index in [-0.39, 0.29) is 17.9 Å². The first-order valence-electron chi connectivity index (χ1n) is 4.95. The fourth-order valence-electron chi connectivity index (χ4n) is 1.36. The van der Waals surface area contributed by atoms with Crippen molar-refractivity contribution in [1.29, 1.82) is 0 Å². The predicted octanol–water partition coefficient (Wildman–Crippen LogP) is 1.10. The van der Waals surface area contributed by atoms with Gasteiger partial charge >= 0.3 is 5.97 Å². The molecule has 0 heterocycles. The van der Waals surface area contributed by atoms with Crippen LogP contribution in [-0.2, 0) is 4.79 Å². The van der Waals surface area contributed by atoms with E-state index in [0.717, 1.165) is 4.90 Å². The number of nitrogens with zero attached hydrogens (tertiary/aromatic N) is 1. The zero-order valence-corrected chi connectivity index (χ0v) is 9.17. The molecule has 1 rings (SSSR count). The molecule has 1 aromatic rings. The second-order valence-electron chi connectivity index (χ2n) is 3.42. The third kappa shape index (κ3) is 3.64. The number of amides is 1. The van der Waals surface area contributed by atoms with Gasteiger partial charge in [0.25, 0.3) is 5.91 Å². The molecule has 5 nitrogen and oxygen atoms in total. The van der Waals surface area contributed by atoms with Crippen molar-refractivity contribution in [2.24, 2.45) is 0 Å². The molecule has 90 valence electrons. The maximum absolute atomic E-state index is 11.9. The average molecular weight is 235 g/mol. The van der Waals surface area contributed by atoms with Crippen LogP contribution >= 0.6 is 0 Å². The van der Waals surface area contributed by atoms with E-state index in [9.17, 15) is 14.7 Å². The fraction of sp³-hybridized carbons (Fsp3) is 0.167. The number of phenols is 1. The Kier molecular flexibility index (Phi) is 4.28. The Morgan fingerprint density at radius 3 is 2.65 bits per heavy atom. The van der Waals surface area contributed by atoms with Crippen molar-refractivity contribution in [2.45, 2.75) is 0 Å². The third-order valence-corrected chi connectivity index (χ3v) is 2.06. The summed E-state index contributed by atoms with van der Waals surface area (Å²) in [6.45, 7) is 3.20. The van der Waals surface area contributed by atoms with Crippen molar-refractivity contribution in [1.82, 2.24) is 4.90 Å². The first kappa shape index (κ1) is 12.8. The number of carboxylic acid groups (broad SMARTS) is 1. The van der Waals surface area contributed by atoms with Crippen LogP contribution in [0.2, 0.25) is 0 Å². The largest absolute Gasteiger partial charge is 0.508 e. The van der Waals surface area contributed by atoms with E-state index >= 15 is 0 Å². The maximum Gasteiger partial charge on any atom is 0.323 e. The lowest BCUT2D eigenvalue weighted by atomic mass is 10.2. The summed E-state index contributed by atoms with van der Waals surface area (Å²) in [7, 11) is 0. The molecule has 17 heavy (non-hydrogen) atoms. The Morgan fingerprint density at radius 2 is 2.12 bits per heavy atom. The Labute approximate surface area is 98.6 Å². The van der Waals surface area contributed by atoms with E-state index < -0.39 is 18.4 Å². The highest BCUT2D eigenvalue weighted by Crippen LogP contribution is 2.13. The number of carbonyl (C=O) groups excluding carboxylic acids is 1. The number of rotatable bonds is 5. The number of aromatic hydroxyl groups is 1. The lowest BCUT2D eigenvalue weighted by Gasteiger charge is -2.18. The Bertz CT molecular complexity index is 442. The minimum Gasteiger partial charge on any atom is -0.508 e. The van der Waals surface area contributed by atoms with Crippen LogP contribution in [0.15, 0.2) is 36.9 Å². The Hall–Kier alpha value is -2.30. The van der Waals surface area contributed by atoms with Gasteiger partial charge in [0.05, 0.1) is 0 Å². The van der Waals surface area contributed by atoms with Gasteiger partial charge in [0.2, 0.25) is 0 Å². The van der Waals surface area contributed by atoms with Gasteiger partial charge in [-0.25, -0.2) is 0 Å².